The Labute approximate surface area is 150 Å². The van der Waals surface area contributed by atoms with Gasteiger partial charge in [-0.3, -0.25) is 4.79 Å². The van der Waals surface area contributed by atoms with E-state index in [2.05, 4.69) is 9.47 Å². The molecule has 2 unspecified atom stereocenters. The van der Waals surface area contributed by atoms with Crippen LogP contribution in [0.2, 0.25) is 0 Å². The maximum atomic E-state index is 12.8. The van der Waals surface area contributed by atoms with E-state index in [0.717, 1.165) is 11.1 Å². The van der Waals surface area contributed by atoms with Crippen molar-refractivity contribution in [1.82, 2.24) is 4.90 Å². The van der Waals surface area contributed by atoms with Gasteiger partial charge in [-0.25, -0.2) is 9.69 Å². The molecule has 2 rings (SSSR count). The number of benzene rings is 1. The number of hydrogen-bond acceptors (Lipinski definition) is 5. The highest BCUT2D eigenvalue weighted by Gasteiger charge is 2.40. The van der Waals surface area contributed by atoms with Gasteiger partial charge in [-0.15, -0.1) is 0 Å². The molecule has 1 saturated heterocycles. The van der Waals surface area contributed by atoms with Crippen LogP contribution in [0, 0.1) is 0 Å². The summed E-state index contributed by atoms with van der Waals surface area (Å²) in [6.45, 7) is 2.56. The number of methoxy groups -OCH3 is 1. The second kappa shape index (κ2) is 9.66. The lowest BCUT2D eigenvalue weighted by Crippen LogP contribution is -2.46. The van der Waals surface area contributed by atoms with Crippen molar-refractivity contribution in [2.75, 3.05) is 20.3 Å². The van der Waals surface area contributed by atoms with Gasteiger partial charge in [0.25, 0.3) is 5.91 Å². The predicted octanol–water partition coefficient (Wildman–Crippen LogP) is 2.73. The number of amides is 2. The van der Waals surface area contributed by atoms with Crippen LogP contribution in [0.25, 0.3) is 0 Å². The van der Waals surface area contributed by atoms with Gasteiger partial charge < -0.3 is 14.0 Å². The minimum absolute atomic E-state index is 0.200. The maximum Gasteiger partial charge on any atom is 0.417 e. The van der Waals surface area contributed by atoms with Gasteiger partial charge in [0.05, 0.1) is 12.6 Å². The van der Waals surface area contributed by atoms with E-state index in [1.807, 2.05) is 43.3 Å². The van der Waals surface area contributed by atoms with Crippen molar-refractivity contribution in [2.45, 2.75) is 31.9 Å². The third-order valence-corrected chi connectivity index (χ3v) is 4.23. The number of cyclic esters (lactones) is 1. The van der Waals surface area contributed by atoms with Gasteiger partial charge >= 0.3 is 6.09 Å². The third-order valence-electron chi connectivity index (χ3n) is 4.06. The van der Waals surface area contributed by atoms with E-state index in [-0.39, 0.29) is 18.6 Å². The van der Waals surface area contributed by atoms with E-state index < -0.39 is 12.2 Å². The van der Waals surface area contributed by atoms with Crippen molar-refractivity contribution in [3.05, 3.63) is 47.5 Å². The molecule has 1 fully saturated rings. The van der Waals surface area contributed by atoms with E-state index in [1.54, 1.807) is 0 Å². The molecule has 7 heteroatoms. The van der Waals surface area contributed by atoms with Crippen LogP contribution in [0.1, 0.15) is 18.9 Å². The number of nitrogens with zero attached hydrogens (tertiary/aromatic N) is 1. The Hall–Kier alpha value is -1.75. The summed E-state index contributed by atoms with van der Waals surface area (Å²) in [5, 5.41) is 0. The zero-order chi connectivity index (χ0) is 18.2. The number of hydrogen-bond donors (Lipinski definition) is 0. The van der Waals surface area contributed by atoms with E-state index in [1.165, 1.54) is 12.0 Å². The van der Waals surface area contributed by atoms with Crippen LogP contribution in [0.4, 0.5) is 4.79 Å². The molecule has 1 heterocycles. The fraction of sp³-hybridized carbons (Fsp3) is 0.444. The Morgan fingerprint density at radius 2 is 2.16 bits per heavy atom. The topological polar surface area (TPSA) is 65.1 Å². The summed E-state index contributed by atoms with van der Waals surface area (Å²) in [5.74, 6) is -0.373. The van der Waals surface area contributed by atoms with Crippen LogP contribution in [0.15, 0.2) is 42.0 Å². The largest absolute Gasteiger partial charge is 0.447 e. The molecule has 2 amide bonds. The van der Waals surface area contributed by atoms with Gasteiger partial charge in [0.15, 0.2) is 0 Å². The lowest BCUT2D eigenvalue weighted by Gasteiger charge is -2.23. The molecule has 0 aliphatic carbocycles. The molecule has 6 nitrogen and oxygen atoms in total. The Balaban J connectivity index is 2.07. The van der Waals surface area contributed by atoms with E-state index >= 15 is 0 Å². The first-order valence-corrected chi connectivity index (χ1v) is 8.57. The molecule has 0 saturated carbocycles. The fourth-order valence-electron chi connectivity index (χ4n) is 2.72. The quantitative estimate of drug-likeness (QED) is 0.524. The van der Waals surface area contributed by atoms with E-state index in [0.29, 0.717) is 19.4 Å². The number of carbonyl (C=O) groups is 2. The molecule has 1 aliphatic rings. The zero-order valence-electron chi connectivity index (χ0n) is 14.5. The van der Waals surface area contributed by atoms with Crippen molar-refractivity contribution < 1.29 is 23.6 Å². The highest BCUT2D eigenvalue weighted by atomic mass is 31.0. The average Bonchev–Trinajstić information content (AvgIpc) is 2.96. The highest BCUT2D eigenvalue weighted by Crippen LogP contribution is 2.20. The number of imide groups is 1. The van der Waals surface area contributed by atoms with E-state index in [4.69, 9.17) is 14.0 Å². The molecular formula is C18H24NO5P. The first kappa shape index (κ1) is 19.6. The normalized spacial score (nSPS) is 19.0. The highest BCUT2D eigenvalue weighted by molar-refractivity contribution is 7.09. The molecule has 1 aliphatic heterocycles. The zero-order valence-corrected chi connectivity index (χ0v) is 15.7. The Kier molecular flexibility index (Phi) is 7.56. The summed E-state index contributed by atoms with van der Waals surface area (Å²) in [6.07, 6.45) is 1.47. The van der Waals surface area contributed by atoms with Crippen molar-refractivity contribution in [1.29, 1.82) is 0 Å². The molecule has 0 spiro atoms. The Morgan fingerprint density at radius 1 is 1.44 bits per heavy atom. The lowest BCUT2D eigenvalue weighted by atomic mass is 10.0. The number of ether oxygens (including phenoxy) is 2. The van der Waals surface area contributed by atoms with Gasteiger partial charge in [0.2, 0.25) is 0 Å². The van der Waals surface area contributed by atoms with Gasteiger partial charge in [-0.2, -0.15) is 0 Å². The first-order valence-electron chi connectivity index (χ1n) is 8.10. The molecular weight excluding hydrogens is 341 g/mol. The first-order chi connectivity index (χ1) is 12.1. The number of carbonyl (C=O) groups excluding carboxylic acids is 2. The van der Waals surface area contributed by atoms with Crippen molar-refractivity contribution >= 4 is 21.5 Å². The summed E-state index contributed by atoms with van der Waals surface area (Å²) < 4.78 is 15.4. The van der Waals surface area contributed by atoms with E-state index in [9.17, 15) is 9.59 Å². The SMILES string of the molecule is CO[C@@H](C/C=C(/C)COP)C(=O)N1C(=O)OCC1Cc1ccccc1. The van der Waals surface area contributed by atoms with Gasteiger partial charge in [0, 0.05) is 23.0 Å². The standard InChI is InChI=1S/C18H24NO5P/c1-13(11-24-25)8-9-16(22-2)17(20)19-15(12-23-18(19)21)10-14-6-4-3-5-7-14/h3-8,15-16H,9-12,25H2,1-2H3/b13-8-/t15?,16-/m0/s1. The molecule has 0 radical (unpaired) electrons. The fourth-order valence-corrected chi connectivity index (χ4v) is 2.98. The summed E-state index contributed by atoms with van der Waals surface area (Å²) in [5.41, 5.74) is 2.03. The van der Waals surface area contributed by atoms with Crippen molar-refractivity contribution in [3.8, 4) is 0 Å². The summed E-state index contributed by atoms with van der Waals surface area (Å²) >= 11 is 0. The van der Waals surface area contributed by atoms with Crippen molar-refractivity contribution in [2.24, 2.45) is 0 Å². The maximum absolute atomic E-state index is 12.8. The van der Waals surface area contributed by atoms with Crippen LogP contribution in [-0.2, 0) is 25.2 Å². The van der Waals surface area contributed by atoms with Gasteiger partial charge in [0.1, 0.15) is 12.7 Å². The second-order valence-electron chi connectivity index (χ2n) is 5.95. The van der Waals surface area contributed by atoms with Crippen molar-refractivity contribution in [3.63, 3.8) is 0 Å². The molecule has 136 valence electrons. The summed E-state index contributed by atoms with van der Waals surface area (Å²) in [7, 11) is 3.65. The van der Waals surface area contributed by atoms with Crippen LogP contribution in [-0.4, -0.2) is 49.4 Å². The molecule has 1 aromatic rings. The van der Waals surface area contributed by atoms with Crippen LogP contribution in [0.3, 0.4) is 0 Å². The molecule has 0 aromatic heterocycles. The summed E-state index contributed by atoms with van der Waals surface area (Å²) in [6, 6.07) is 9.40. The molecule has 1 aromatic carbocycles. The molecule has 0 bridgehead atoms. The minimum atomic E-state index is -0.733. The molecule has 25 heavy (non-hydrogen) atoms. The second-order valence-corrected chi connectivity index (χ2v) is 6.28. The average molecular weight is 365 g/mol. The Bertz CT molecular complexity index is 619. The smallest absolute Gasteiger partial charge is 0.417 e. The monoisotopic (exact) mass is 365 g/mol. The summed E-state index contributed by atoms with van der Waals surface area (Å²) in [4.78, 5) is 26.1. The predicted molar refractivity (Wildman–Crippen MR) is 97.0 cm³/mol. The van der Waals surface area contributed by atoms with Crippen LogP contribution >= 0.6 is 9.47 Å². The van der Waals surface area contributed by atoms with Gasteiger partial charge in [-0.05, 0) is 18.9 Å². The van der Waals surface area contributed by atoms with Crippen LogP contribution < -0.4 is 0 Å². The molecule has 0 N–H and O–H groups in total. The van der Waals surface area contributed by atoms with Crippen LogP contribution in [0.5, 0.6) is 0 Å². The number of rotatable bonds is 8. The minimum Gasteiger partial charge on any atom is -0.447 e. The Morgan fingerprint density at radius 3 is 2.80 bits per heavy atom. The molecule has 3 atom stereocenters. The van der Waals surface area contributed by atoms with Gasteiger partial charge in [-0.1, -0.05) is 42.0 Å². The lowest BCUT2D eigenvalue weighted by molar-refractivity contribution is -0.139. The third kappa shape index (κ3) is 5.36.